The highest BCUT2D eigenvalue weighted by molar-refractivity contribution is 6.36. The molecule has 0 fully saturated rings. The molecular formula is C13H11Cl2NO3. The Kier molecular flexibility index (Phi) is 5.68. The Labute approximate surface area is 120 Å². The molecule has 1 N–H and O–H groups in total. The molecule has 1 atom stereocenters. The van der Waals surface area contributed by atoms with Crippen LogP contribution in [0.3, 0.4) is 0 Å². The van der Waals surface area contributed by atoms with Gasteiger partial charge in [0.05, 0.1) is 5.02 Å². The third-order valence-corrected chi connectivity index (χ3v) is 2.72. The number of hydrogen-bond acceptors (Lipinski definition) is 3. The van der Waals surface area contributed by atoms with Crippen molar-refractivity contribution in [2.24, 2.45) is 0 Å². The van der Waals surface area contributed by atoms with Crippen LogP contribution in [0.4, 0.5) is 0 Å². The van der Waals surface area contributed by atoms with Gasteiger partial charge in [0, 0.05) is 16.7 Å². The number of nitrogens with zero attached hydrogens (tertiary/aromatic N) is 1. The van der Waals surface area contributed by atoms with Gasteiger partial charge in [0.1, 0.15) is 11.8 Å². The van der Waals surface area contributed by atoms with E-state index < -0.39 is 12.1 Å². The van der Waals surface area contributed by atoms with Crippen molar-refractivity contribution in [3.63, 3.8) is 0 Å². The zero-order valence-corrected chi connectivity index (χ0v) is 11.6. The highest BCUT2D eigenvalue weighted by Crippen LogP contribution is 2.34. The van der Waals surface area contributed by atoms with Gasteiger partial charge in [-0.2, -0.15) is 5.26 Å². The van der Waals surface area contributed by atoms with Crippen molar-refractivity contribution in [1.29, 1.82) is 5.26 Å². The summed E-state index contributed by atoms with van der Waals surface area (Å²) in [6, 6.07) is 4.97. The summed E-state index contributed by atoms with van der Waals surface area (Å²) < 4.78 is 5.47. The van der Waals surface area contributed by atoms with Crippen LogP contribution in [0.25, 0.3) is 6.08 Å². The lowest BCUT2D eigenvalue weighted by molar-refractivity contribution is -0.131. The van der Waals surface area contributed by atoms with Crippen LogP contribution in [0.2, 0.25) is 10.0 Å². The third-order valence-electron chi connectivity index (χ3n) is 2.22. The number of nitriles is 1. The summed E-state index contributed by atoms with van der Waals surface area (Å²) in [5.41, 5.74) is 0.411. The average molecular weight is 300 g/mol. The van der Waals surface area contributed by atoms with Gasteiger partial charge in [0.2, 0.25) is 0 Å². The maximum Gasteiger partial charge on any atom is 0.328 e. The monoisotopic (exact) mass is 299 g/mol. The van der Waals surface area contributed by atoms with Crippen molar-refractivity contribution >= 4 is 35.2 Å². The lowest BCUT2D eigenvalue weighted by Gasteiger charge is -2.14. The SMILES string of the molecule is CCC(C#N)Oc1c(Cl)cc(Cl)cc1C=CC(=O)O. The maximum absolute atomic E-state index is 10.5. The van der Waals surface area contributed by atoms with E-state index in [0.717, 1.165) is 6.08 Å². The van der Waals surface area contributed by atoms with Crippen molar-refractivity contribution in [3.8, 4) is 11.8 Å². The fourth-order valence-electron chi connectivity index (χ4n) is 1.33. The number of carboxylic acid groups (broad SMARTS) is 1. The first-order valence-corrected chi connectivity index (χ1v) is 6.19. The molecule has 0 aliphatic rings. The van der Waals surface area contributed by atoms with Crippen molar-refractivity contribution in [2.75, 3.05) is 0 Å². The van der Waals surface area contributed by atoms with E-state index in [9.17, 15) is 4.79 Å². The summed E-state index contributed by atoms with van der Waals surface area (Å²) in [6.45, 7) is 1.80. The first-order valence-electron chi connectivity index (χ1n) is 5.44. The van der Waals surface area contributed by atoms with Crippen molar-refractivity contribution < 1.29 is 14.6 Å². The fraction of sp³-hybridized carbons (Fsp3) is 0.231. The van der Waals surface area contributed by atoms with Crippen LogP contribution in [-0.4, -0.2) is 17.2 Å². The Bertz CT molecular complexity index is 550. The Hall–Kier alpha value is -1.70. The molecule has 100 valence electrons. The molecule has 0 saturated heterocycles. The fourth-order valence-corrected chi connectivity index (χ4v) is 1.89. The highest BCUT2D eigenvalue weighted by Gasteiger charge is 2.14. The highest BCUT2D eigenvalue weighted by atomic mass is 35.5. The predicted molar refractivity (Wildman–Crippen MR) is 73.5 cm³/mol. The molecule has 1 rings (SSSR count). The number of halogens is 2. The molecular weight excluding hydrogens is 289 g/mol. The van der Waals surface area contributed by atoms with E-state index in [0.29, 0.717) is 17.0 Å². The topological polar surface area (TPSA) is 70.3 Å². The van der Waals surface area contributed by atoms with Gasteiger partial charge < -0.3 is 9.84 Å². The number of rotatable bonds is 5. The van der Waals surface area contributed by atoms with Crippen molar-refractivity contribution in [2.45, 2.75) is 19.4 Å². The van der Waals surface area contributed by atoms with Crippen LogP contribution in [0.1, 0.15) is 18.9 Å². The van der Waals surface area contributed by atoms with Crippen LogP contribution in [0.15, 0.2) is 18.2 Å². The first-order chi connectivity index (χ1) is 8.97. The largest absolute Gasteiger partial charge is 0.478 e. The van der Waals surface area contributed by atoms with E-state index >= 15 is 0 Å². The molecule has 0 spiro atoms. The Morgan fingerprint density at radius 1 is 1.58 bits per heavy atom. The zero-order chi connectivity index (χ0) is 14.4. The summed E-state index contributed by atoms with van der Waals surface area (Å²) >= 11 is 11.9. The number of carbonyl (C=O) groups is 1. The van der Waals surface area contributed by atoms with Gasteiger partial charge in [-0.1, -0.05) is 30.1 Å². The molecule has 0 saturated carbocycles. The summed E-state index contributed by atoms with van der Waals surface area (Å²) in [7, 11) is 0. The van der Waals surface area contributed by atoms with Crippen molar-refractivity contribution in [1.82, 2.24) is 0 Å². The molecule has 0 bridgehead atoms. The van der Waals surface area contributed by atoms with E-state index in [2.05, 4.69) is 0 Å². The number of benzene rings is 1. The van der Waals surface area contributed by atoms with Crippen LogP contribution in [0, 0.1) is 11.3 Å². The number of carboxylic acids is 1. The second kappa shape index (κ2) is 7.03. The number of ether oxygens (including phenoxy) is 1. The molecule has 4 nitrogen and oxygen atoms in total. The normalized spacial score (nSPS) is 12.1. The molecule has 1 aromatic carbocycles. The average Bonchev–Trinajstić information content (AvgIpc) is 2.35. The molecule has 19 heavy (non-hydrogen) atoms. The molecule has 0 aromatic heterocycles. The van der Waals surface area contributed by atoms with E-state index in [4.69, 9.17) is 38.3 Å². The molecule has 1 unspecified atom stereocenters. The maximum atomic E-state index is 10.5. The second-order valence-corrected chi connectivity index (χ2v) is 4.47. The van der Waals surface area contributed by atoms with Crippen LogP contribution >= 0.6 is 23.2 Å². The van der Waals surface area contributed by atoms with Gasteiger partial charge in [-0.05, 0) is 24.6 Å². The number of aliphatic carboxylic acids is 1. The minimum Gasteiger partial charge on any atom is -0.478 e. The van der Waals surface area contributed by atoms with Gasteiger partial charge >= 0.3 is 5.97 Å². The van der Waals surface area contributed by atoms with E-state index in [1.165, 1.54) is 18.2 Å². The Morgan fingerprint density at radius 3 is 2.79 bits per heavy atom. The Balaban J connectivity index is 3.20. The van der Waals surface area contributed by atoms with Gasteiger partial charge in [-0.15, -0.1) is 0 Å². The van der Waals surface area contributed by atoms with E-state index in [1.54, 1.807) is 6.92 Å². The van der Waals surface area contributed by atoms with Gasteiger partial charge in [0.25, 0.3) is 0 Å². The standard InChI is InChI=1S/C13H11Cl2NO3/c1-2-10(7-16)19-13-8(3-4-12(17)18)5-9(14)6-11(13)15/h3-6,10H,2H2,1H3,(H,17,18). The minimum absolute atomic E-state index is 0.228. The molecule has 0 radical (unpaired) electrons. The Morgan fingerprint density at radius 2 is 2.26 bits per heavy atom. The van der Waals surface area contributed by atoms with Gasteiger partial charge in [-0.25, -0.2) is 4.79 Å². The van der Waals surface area contributed by atoms with Crippen LogP contribution in [0.5, 0.6) is 5.75 Å². The molecule has 0 heterocycles. The first kappa shape index (κ1) is 15.4. The predicted octanol–water partition coefficient (Wildman–Crippen LogP) is 3.77. The van der Waals surface area contributed by atoms with Gasteiger partial charge in [0.15, 0.2) is 6.10 Å². The molecule has 1 aromatic rings. The van der Waals surface area contributed by atoms with E-state index in [1.807, 2.05) is 6.07 Å². The summed E-state index contributed by atoms with van der Waals surface area (Å²) in [5.74, 6) is -0.855. The zero-order valence-electron chi connectivity index (χ0n) is 10.1. The van der Waals surface area contributed by atoms with Gasteiger partial charge in [-0.3, -0.25) is 0 Å². The molecule has 0 aliphatic heterocycles. The molecule has 0 amide bonds. The number of hydrogen-bond donors (Lipinski definition) is 1. The third kappa shape index (κ3) is 4.47. The summed E-state index contributed by atoms with van der Waals surface area (Å²) in [4.78, 5) is 10.5. The quantitative estimate of drug-likeness (QED) is 0.840. The second-order valence-electron chi connectivity index (χ2n) is 3.62. The lowest BCUT2D eigenvalue weighted by atomic mass is 10.1. The minimum atomic E-state index is -1.10. The molecule has 0 aliphatic carbocycles. The lowest BCUT2D eigenvalue weighted by Crippen LogP contribution is -2.13. The van der Waals surface area contributed by atoms with Crippen LogP contribution < -0.4 is 4.74 Å². The smallest absolute Gasteiger partial charge is 0.328 e. The van der Waals surface area contributed by atoms with E-state index in [-0.39, 0.29) is 10.8 Å². The van der Waals surface area contributed by atoms with Crippen molar-refractivity contribution in [3.05, 3.63) is 33.8 Å². The summed E-state index contributed by atoms with van der Waals surface area (Å²) in [6.07, 6.45) is 2.09. The van der Waals surface area contributed by atoms with Crippen LogP contribution in [-0.2, 0) is 4.79 Å². The summed E-state index contributed by atoms with van der Waals surface area (Å²) in [5, 5.41) is 18.1. The molecule has 6 heteroatoms.